The highest BCUT2D eigenvalue weighted by molar-refractivity contribution is 8.93. The summed E-state index contributed by atoms with van der Waals surface area (Å²) in [5, 5.41) is 21.1. The molecule has 22 heavy (non-hydrogen) atoms. The number of halogens is 1. The molecule has 2 rings (SSSR count). The predicted molar refractivity (Wildman–Crippen MR) is 88.8 cm³/mol. The van der Waals surface area contributed by atoms with Crippen LogP contribution in [-0.4, -0.2) is 27.8 Å². The van der Waals surface area contributed by atoms with Crippen LogP contribution in [0.15, 0.2) is 24.3 Å². The average molecular weight is 370 g/mol. The molecule has 4 N–H and O–H groups in total. The van der Waals surface area contributed by atoms with E-state index in [0.717, 1.165) is 5.52 Å². The van der Waals surface area contributed by atoms with Crippen LogP contribution in [-0.2, 0) is 7.05 Å². The van der Waals surface area contributed by atoms with Gasteiger partial charge in [-0.25, -0.2) is 0 Å². The molecule has 0 aliphatic carbocycles. The summed E-state index contributed by atoms with van der Waals surface area (Å²) in [7, 11) is 1.72. The third-order valence-electron chi connectivity index (χ3n) is 3.15. The molecule has 8 nitrogen and oxygen atoms in total. The summed E-state index contributed by atoms with van der Waals surface area (Å²) >= 11 is 0. The van der Waals surface area contributed by atoms with Crippen LogP contribution < -0.4 is 11.1 Å². The molecule has 0 saturated heterocycles. The summed E-state index contributed by atoms with van der Waals surface area (Å²) < 4.78 is 1.67. The number of nitro benzene ring substituents is 1. The SMILES string of the molecule is Br.Cn1c(C(=O)NCCC(=N)N)cc2cc([N+](=O)[O-])ccc21. The van der Waals surface area contributed by atoms with Crippen LogP contribution in [0.1, 0.15) is 16.9 Å². The molecular weight excluding hydrogens is 354 g/mol. The average Bonchev–Trinajstić information content (AvgIpc) is 2.75. The lowest BCUT2D eigenvalue weighted by Gasteiger charge is -2.05. The van der Waals surface area contributed by atoms with Crippen molar-refractivity contribution in [3.05, 3.63) is 40.1 Å². The minimum Gasteiger partial charge on any atom is -0.388 e. The Morgan fingerprint density at radius 1 is 1.45 bits per heavy atom. The minimum absolute atomic E-state index is 0. The highest BCUT2D eigenvalue weighted by atomic mass is 79.9. The van der Waals surface area contributed by atoms with E-state index in [1.54, 1.807) is 23.7 Å². The summed E-state index contributed by atoms with van der Waals surface area (Å²) in [6.45, 7) is 0.274. The first-order chi connectivity index (χ1) is 9.90. The zero-order valence-electron chi connectivity index (χ0n) is 11.8. The van der Waals surface area contributed by atoms with Crippen molar-refractivity contribution in [1.29, 1.82) is 5.41 Å². The second kappa shape index (κ2) is 7.03. The van der Waals surface area contributed by atoms with Crippen LogP contribution in [0, 0.1) is 15.5 Å². The molecule has 118 valence electrons. The van der Waals surface area contributed by atoms with Crippen molar-refractivity contribution in [2.75, 3.05) is 6.54 Å². The number of benzene rings is 1. The van der Waals surface area contributed by atoms with Gasteiger partial charge in [-0.05, 0) is 12.1 Å². The number of amides is 1. The van der Waals surface area contributed by atoms with Gasteiger partial charge in [0, 0.05) is 43.0 Å². The summed E-state index contributed by atoms with van der Waals surface area (Å²) in [6.07, 6.45) is 0.279. The number of aryl methyl sites for hydroxylation is 1. The number of carbonyl (C=O) groups excluding carboxylic acids is 1. The fourth-order valence-electron chi connectivity index (χ4n) is 2.07. The molecule has 0 unspecified atom stereocenters. The first-order valence-electron chi connectivity index (χ1n) is 6.25. The van der Waals surface area contributed by atoms with Gasteiger partial charge in [0.2, 0.25) is 0 Å². The number of hydrogen-bond donors (Lipinski definition) is 3. The van der Waals surface area contributed by atoms with Crippen LogP contribution in [0.4, 0.5) is 5.69 Å². The maximum Gasteiger partial charge on any atom is 0.270 e. The first-order valence-corrected chi connectivity index (χ1v) is 6.25. The van der Waals surface area contributed by atoms with E-state index in [4.69, 9.17) is 11.1 Å². The van der Waals surface area contributed by atoms with E-state index in [0.29, 0.717) is 11.1 Å². The Kier molecular flexibility index (Phi) is 5.63. The molecule has 9 heteroatoms. The molecule has 0 atom stereocenters. The Morgan fingerprint density at radius 2 is 2.14 bits per heavy atom. The molecule has 0 radical (unpaired) electrons. The monoisotopic (exact) mass is 369 g/mol. The first kappa shape index (κ1) is 17.6. The quantitative estimate of drug-likeness (QED) is 0.320. The second-order valence-electron chi connectivity index (χ2n) is 4.62. The molecule has 0 aliphatic rings. The number of nitro groups is 1. The van der Waals surface area contributed by atoms with E-state index < -0.39 is 4.92 Å². The lowest BCUT2D eigenvalue weighted by Crippen LogP contribution is -2.28. The van der Waals surface area contributed by atoms with Gasteiger partial charge in [0.05, 0.1) is 10.8 Å². The smallest absolute Gasteiger partial charge is 0.270 e. The van der Waals surface area contributed by atoms with Crippen LogP contribution in [0.25, 0.3) is 10.9 Å². The van der Waals surface area contributed by atoms with Crippen molar-refractivity contribution in [2.45, 2.75) is 6.42 Å². The molecule has 0 fully saturated rings. The minimum atomic E-state index is -0.473. The van der Waals surface area contributed by atoms with Gasteiger partial charge in [-0.1, -0.05) is 0 Å². The predicted octanol–water partition coefficient (Wildman–Crippen LogP) is 1.72. The maximum absolute atomic E-state index is 12.1. The van der Waals surface area contributed by atoms with Crippen molar-refractivity contribution in [2.24, 2.45) is 12.8 Å². The van der Waals surface area contributed by atoms with E-state index in [1.807, 2.05) is 0 Å². The topological polar surface area (TPSA) is 127 Å². The van der Waals surface area contributed by atoms with Crippen molar-refractivity contribution in [3.63, 3.8) is 0 Å². The van der Waals surface area contributed by atoms with E-state index >= 15 is 0 Å². The third kappa shape index (κ3) is 3.61. The van der Waals surface area contributed by atoms with Crippen LogP contribution in [0.2, 0.25) is 0 Å². The van der Waals surface area contributed by atoms with Gasteiger partial charge in [-0.2, -0.15) is 0 Å². The molecule has 2 aromatic rings. The van der Waals surface area contributed by atoms with Crippen molar-refractivity contribution in [1.82, 2.24) is 9.88 Å². The number of amidine groups is 1. The largest absolute Gasteiger partial charge is 0.388 e. The summed E-state index contributed by atoms with van der Waals surface area (Å²) in [4.78, 5) is 22.3. The van der Waals surface area contributed by atoms with Gasteiger partial charge < -0.3 is 15.6 Å². The summed E-state index contributed by atoms with van der Waals surface area (Å²) in [6, 6.07) is 6.05. The van der Waals surface area contributed by atoms with Gasteiger partial charge in [-0.3, -0.25) is 20.3 Å². The number of fused-ring (bicyclic) bond motifs is 1. The van der Waals surface area contributed by atoms with E-state index in [9.17, 15) is 14.9 Å². The Bertz CT molecular complexity index is 741. The normalized spacial score (nSPS) is 10.0. The highest BCUT2D eigenvalue weighted by Crippen LogP contribution is 2.23. The van der Waals surface area contributed by atoms with Crippen LogP contribution >= 0.6 is 17.0 Å². The van der Waals surface area contributed by atoms with E-state index in [2.05, 4.69) is 5.32 Å². The number of aromatic nitrogens is 1. The lowest BCUT2D eigenvalue weighted by atomic mass is 10.2. The molecule has 1 aromatic carbocycles. The van der Waals surface area contributed by atoms with Crippen LogP contribution in [0.5, 0.6) is 0 Å². The number of nitrogens with zero attached hydrogens (tertiary/aromatic N) is 2. The Hall–Kier alpha value is -2.42. The molecule has 0 saturated carbocycles. The fourth-order valence-corrected chi connectivity index (χ4v) is 2.07. The van der Waals surface area contributed by atoms with Gasteiger partial charge in [0.25, 0.3) is 11.6 Å². The molecular formula is C13H16BrN5O3. The second-order valence-corrected chi connectivity index (χ2v) is 4.62. The zero-order valence-corrected chi connectivity index (χ0v) is 13.5. The van der Waals surface area contributed by atoms with Crippen LogP contribution in [0.3, 0.4) is 0 Å². The summed E-state index contributed by atoms with van der Waals surface area (Å²) in [5.74, 6) is -0.305. The van der Waals surface area contributed by atoms with Crippen molar-refractivity contribution < 1.29 is 9.72 Å². The number of nitrogens with one attached hydrogen (secondary N) is 2. The molecule has 1 aromatic heterocycles. The molecule has 0 aliphatic heterocycles. The zero-order chi connectivity index (χ0) is 15.6. The number of nitrogens with two attached hydrogens (primary N) is 1. The number of rotatable bonds is 5. The van der Waals surface area contributed by atoms with Gasteiger partial charge >= 0.3 is 0 Å². The maximum atomic E-state index is 12.1. The van der Waals surface area contributed by atoms with Gasteiger partial charge in [0.1, 0.15) is 5.69 Å². The number of non-ortho nitro benzene ring substituents is 1. The lowest BCUT2D eigenvalue weighted by molar-refractivity contribution is -0.384. The Balaban J connectivity index is 0.00000242. The molecule has 0 spiro atoms. The van der Waals surface area contributed by atoms with Crippen molar-refractivity contribution in [3.8, 4) is 0 Å². The Morgan fingerprint density at radius 3 is 2.73 bits per heavy atom. The molecule has 0 bridgehead atoms. The standard InChI is InChI=1S/C13H15N5O3.BrH/c1-17-10-3-2-9(18(20)21)6-8(10)7-11(17)13(19)16-5-4-12(14)15;/h2-3,6-7H,4-5H2,1H3,(H3,14,15)(H,16,19);1H. The number of hydrogen-bond acceptors (Lipinski definition) is 4. The van der Waals surface area contributed by atoms with E-state index in [1.165, 1.54) is 12.1 Å². The molecule has 1 heterocycles. The Labute approximate surface area is 136 Å². The van der Waals surface area contributed by atoms with Gasteiger partial charge in [-0.15, -0.1) is 17.0 Å². The van der Waals surface area contributed by atoms with Crippen molar-refractivity contribution >= 4 is 45.3 Å². The number of carbonyl (C=O) groups is 1. The third-order valence-corrected chi connectivity index (χ3v) is 3.15. The van der Waals surface area contributed by atoms with E-state index in [-0.39, 0.29) is 47.4 Å². The van der Waals surface area contributed by atoms with Gasteiger partial charge in [0.15, 0.2) is 0 Å². The fraction of sp³-hybridized carbons (Fsp3) is 0.231. The summed E-state index contributed by atoms with van der Waals surface area (Å²) in [5.41, 5.74) is 6.33. The molecule has 1 amide bonds. The highest BCUT2D eigenvalue weighted by Gasteiger charge is 2.15.